The first kappa shape index (κ1) is 14.3. The largest absolute Gasteiger partial charge is 0.207 e. The van der Waals surface area contributed by atoms with Crippen molar-refractivity contribution in [2.75, 3.05) is 0 Å². The van der Waals surface area contributed by atoms with Crippen molar-refractivity contribution in [1.82, 2.24) is 14.8 Å². The van der Waals surface area contributed by atoms with E-state index in [-0.39, 0.29) is 0 Å². The van der Waals surface area contributed by atoms with E-state index in [2.05, 4.69) is 71.9 Å². The van der Waals surface area contributed by atoms with Gasteiger partial charge in [-0.15, -0.1) is 0 Å². The van der Waals surface area contributed by atoms with Gasteiger partial charge >= 0.3 is 0 Å². The summed E-state index contributed by atoms with van der Waals surface area (Å²) in [7, 11) is 0. The average molecular weight is 322 g/mol. The maximum absolute atomic E-state index is 4.53. The maximum atomic E-state index is 4.53. The minimum Gasteiger partial charge on any atom is -0.207 e. The van der Waals surface area contributed by atoms with E-state index in [1.165, 1.54) is 16.8 Å². The smallest absolute Gasteiger partial charge is 0.200 e. The van der Waals surface area contributed by atoms with Crippen molar-refractivity contribution in [2.45, 2.75) is 46.5 Å². The molecule has 19 heavy (non-hydrogen) atoms. The van der Waals surface area contributed by atoms with Crippen LogP contribution in [0.2, 0.25) is 0 Å². The normalized spacial score (nSPS) is 11.6. The van der Waals surface area contributed by atoms with Gasteiger partial charge in [0.25, 0.3) is 0 Å². The number of halogens is 1. The first-order chi connectivity index (χ1) is 8.91. The van der Waals surface area contributed by atoms with Crippen molar-refractivity contribution in [2.24, 2.45) is 0 Å². The molecule has 0 bridgehead atoms. The Labute approximate surface area is 123 Å². The Balaban J connectivity index is 2.75. The van der Waals surface area contributed by atoms with Gasteiger partial charge in [-0.1, -0.05) is 45.9 Å². The molecule has 0 aliphatic rings. The van der Waals surface area contributed by atoms with Crippen molar-refractivity contribution >= 4 is 15.9 Å². The van der Waals surface area contributed by atoms with E-state index in [1.54, 1.807) is 0 Å². The highest BCUT2D eigenvalue weighted by Crippen LogP contribution is 2.32. The molecule has 0 aliphatic heterocycles. The molecule has 102 valence electrons. The molecule has 1 heterocycles. The monoisotopic (exact) mass is 321 g/mol. The molecule has 0 fully saturated rings. The Hall–Kier alpha value is -1.16. The summed E-state index contributed by atoms with van der Waals surface area (Å²) in [6, 6.07) is 6.48. The molecule has 0 atom stereocenters. The van der Waals surface area contributed by atoms with Gasteiger partial charge in [-0.05, 0) is 45.8 Å². The third-order valence-corrected chi connectivity index (χ3v) is 3.74. The first-order valence-electron chi connectivity index (χ1n) is 6.64. The van der Waals surface area contributed by atoms with E-state index in [0.717, 1.165) is 10.6 Å². The predicted octanol–water partition coefficient (Wildman–Crippen LogP) is 4.59. The fourth-order valence-electron chi connectivity index (χ4n) is 2.29. The number of aryl methyl sites for hydroxylation is 1. The number of hydrogen-bond donors (Lipinski definition) is 0. The first-order valence-corrected chi connectivity index (χ1v) is 7.43. The summed E-state index contributed by atoms with van der Waals surface area (Å²) in [5, 5.41) is 4.53. The maximum Gasteiger partial charge on any atom is 0.200 e. The Morgan fingerprint density at radius 3 is 1.95 bits per heavy atom. The SMILES string of the molecule is Cc1nc(Br)n(-c2c(C(C)C)cccc2C(C)C)n1. The van der Waals surface area contributed by atoms with Gasteiger partial charge in [-0.25, -0.2) is 9.67 Å². The molecule has 0 N–H and O–H groups in total. The quantitative estimate of drug-likeness (QED) is 0.828. The van der Waals surface area contributed by atoms with Crippen LogP contribution in [0.5, 0.6) is 0 Å². The van der Waals surface area contributed by atoms with Gasteiger partial charge in [-0.3, -0.25) is 0 Å². The van der Waals surface area contributed by atoms with Gasteiger partial charge in [0, 0.05) is 0 Å². The number of hydrogen-bond acceptors (Lipinski definition) is 2. The van der Waals surface area contributed by atoms with E-state index < -0.39 is 0 Å². The Kier molecular flexibility index (Phi) is 4.09. The lowest BCUT2D eigenvalue weighted by Crippen LogP contribution is -2.08. The second-order valence-electron chi connectivity index (χ2n) is 5.43. The number of rotatable bonds is 3. The highest BCUT2D eigenvalue weighted by molar-refractivity contribution is 9.10. The topological polar surface area (TPSA) is 30.7 Å². The van der Waals surface area contributed by atoms with Crippen LogP contribution in [0.1, 0.15) is 56.5 Å². The summed E-state index contributed by atoms with van der Waals surface area (Å²) in [5.41, 5.74) is 3.77. The minimum absolute atomic E-state index is 0.449. The molecule has 0 saturated carbocycles. The highest BCUT2D eigenvalue weighted by atomic mass is 79.9. The van der Waals surface area contributed by atoms with Crippen LogP contribution in [-0.4, -0.2) is 14.8 Å². The molecule has 2 aromatic rings. The Bertz CT molecular complexity index is 559. The summed E-state index contributed by atoms with van der Waals surface area (Å²) >= 11 is 3.51. The second-order valence-corrected chi connectivity index (χ2v) is 6.14. The van der Waals surface area contributed by atoms with Crippen LogP contribution in [0.4, 0.5) is 0 Å². The van der Waals surface area contributed by atoms with Crippen LogP contribution < -0.4 is 0 Å². The van der Waals surface area contributed by atoms with E-state index in [1.807, 2.05) is 11.6 Å². The van der Waals surface area contributed by atoms with E-state index in [4.69, 9.17) is 0 Å². The van der Waals surface area contributed by atoms with Gasteiger partial charge < -0.3 is 0 Å². The number of benzene rings is 1. The van der Waals surface area contributed by atoms with Crippen molar-refractivity contribution in [3.05, 3.63) is 39.9 Å². The molecule has 3 nitrogen and oxygen atoms in total. The van der Waals surface area contributed by atoms with E-state index in [0.29, 0.717) is 11.8 Å². The summed E-state index contributed by atoms with van der Waals surface area (Å²) < 4.78 is 2.68. The van der Waals surface area contributed by atoms with Gasteiger partial charge in [-0.2, -0.15) is 5.10 Å². The molecule has 2 rings (SSSR count). The average Bonchev–Trinajstić information content (AvgIpc) is 2.67. The molecule has 1 aromatic carbocycles. The lowest BCUT2D eigenvalue weighted by Gasteiger charge is -2.19. The van der Waals surface area contributed by atoms with Crippen LogP contribution in [0.15, 0.2) is 22.9 Å². The Morgan fingerprint density at radius 2 is 1.58 bits per heavy atom. The molecule has 0 unspecified atom stereocenters. The van der Waals surface area contributed by atoms with Gasteiger partial charge in [0.1, 0.15) is 5.82 Å². The van der Waals surface area contributed by atoms with Crippen LogP contribution in [0.3, 0.4) is 0 Å². The number of aromatic nitrogens is 3. The summed E-state index contributed by atoms with van der Waals surface area (Å²) in [6.07, 6.45) is 0. The van der Waals surface area contributed by atoms with Crippen LogP contribution in [-0.2, 0) is 0 Å². The summed E-state index contributed by atoms with van der Waals surface area (Å²) in [5.74, 6) is 1.68. The number of nitrogens with zero attached hydrogens (tertiary/aromatic N) is 3. The molecule has 0 spiro atoms. The predicted molar refractivity (Wildman–Crippen MR) is 82.0 cm³/mol. The summed E-state index contributed by atoms with van der Waals surface area (Å²) in [6.45, 7) is 10.7. The third-order valence-electron chi connectivity index (χ3n) is 3.23. The molecular weight excluding hydrogens is 302 g/mol. The molecule has 4 heteroatoms. The second kappa shape index (κ2) is 5.45. The van der Waals surface area contributed by atoms with E-state index in [9.17, 15) is 0 Å². The van der Waals surface area contributed by atoms with Gasteiger partial charge in [0.15, 0.2) is 4.73 Å². The van der Waals surface area contributed by atoms with Crippen LogP contribution >= 0.6 is 15.9 Å². The van der Waals surface area contributed by atoms with Gasteiger partial charge in [0.2, 0.25) is 0 Å². The van der Waals surface area contributed by atoms with Crippen molar-refractivity contribution in [3.8, 4) is 5.69 Å². The molecule has 0 radical (unpaired) electrons. The molecule has 0 saturated heterocycles. The molecule has 0 amide bonds. The molecule has 0 aliphatic carbocycles. The minimum atomic E-state index is 0.449. The van der Waals surface area contributed by atoms with Crippen molar-refractivity contribution in [3.63, 3.8) is 0 Å². The van der Waals surface area contributed by atoms with E-state index >= 15 is 0 Å². The zero-order chi connectivity index (χ0) is 14.2. The highest BCUT2D eigenvalue weighted by Gasteiger charge is 2.18. The van der Waals surface area contributed by atoms with Crippen molar-refractivity contribution < 1.29 is 0 Å². The third kappa shape index (κ3) is 2.73. The zero-order valence-corrected chi connectivity index (χ0v) is 13.7. The van der Waals surface area contributed by atoms with Crippen LogP contribution in [0, 0.1) is 6.92 Å². The lowest BCUT2D eigenvalue weighted by atomic mass is 9.93. The molecule has 1 aromatic heterocycles. The Morgan fingerprint density at radius 1 is 1.05 bits per heavy atom. The lowest BCUT2D eigenvalue weighted by molar-refractivity contribution is 0.757. The summed E-state index contributed by atoms with van der Waals surface area (Å²) in [4.78, 5) is 4.36. The van der Waals surface area contributed by atoms with Crippen LogP contribution in [0.25, 0.3) is 5.69 Å². The van der Waals surface area contributed by atoms with Gasteiger partial charge in [0.05, 0.1) is 5.69 Å². The van der Waals surface area contributed by atoms with Crippen molar-refractivity contribution in [1.29, 1.82) is 0 Å². The fourth-order valence-corrected chi connectivity index (χ4v) is 2.80. The fraction of sp³-hybridized carbons (Fsp3) is 0.467. The molecular formula is C15H20BrN3. The number of para-hydroxylation sites is 1. The zero-order valence-electron chi connectivity index (χ0n) is 12.1. The standard InChI is InChI=1S/C15H20BrN3/c1-9(2)12-7-6-8-13(10(3)4)14(12)19-15(16)17-11(5)18-19/h6-10H,1-5H3.